The van der Waals surface area contributed by atoms with Crippen LogP contribution in [0.3, 0.4) is 0 Å². The quantitative estimate of drug-likeness (QED) is 0.797. The maximum absolute atomic E-state index is 6.05. The molecule has 0 N–H and O–H groups in total. The summed E-state index contributed by atoms with van der Waals surface area (Å²) in [5.41, 5.74) is -0.162. The number of rotatable bonds is 6. The summed E-state index contributed by atoms with van der Waals surface area (Å²) >= 11 is 0. The summed E-state index contributed by atoms with van der Waals surface area (Å²) < 4.78 is 13.3. The van der Waals surface area contributed by atoms with E-state index >= 15 is 0 Å². The van der Waals surface area contributed by atoms with Crippen molar-refractivity contribution in [3.8, 4) is 0 Å². The molecule has 2 rings (SSSR count). The standard InChI is InChI=1S/C15H28N4O2/c1-12(2)6-19-14(16-11-17-19)8-18-7-13(9-20-5)21-15(3,4)10-18/h11-13H,6-10H2,1-5H3/t13-/m1/s1. The zero-order chi connectivity index (χ0) is 15.5. The molecule has 21 heavy (non-hydrogen) atoms. The molecule has 1 aliphatic heterocycles. The summed E-state index contributed by atoms with van der Waals surface area (Å²) in [7, 11) is 1.72. The van der Waals surface area contributed by atoms with Crippen LogP contribution in [0.2, 0.25) is 0 Å². The highest BCUT2D eigenvalue weighted by atomic mass is 16.5. The monoisotopic (exact) mass is 296 g/mol. The zero-order valence-corrected chi connectivity index (χ0v) is 13.9. The first kappa shape index (κ1) is 16.4. The summed E-state index contributed by atoms with van der Waals surface area (Å²) in [5, 5.41) is 4.34. The first-order valence-corrected chi connectivity index (χ1v) is 7.65. The van der Waals surface area contributed by atoms with Gasteiger partial charge >= 0.3 is 0 Å². The lowest BCUT2D eigenvalue weighted by Gasteiger charge is -2.42. The molecule has 0 aromatic carbocycles. The van der Waals surface area contributed by atoms with Crippen molar-refractivity contribution < 1.29 is 9.47 Å². The minimum absolute atomic E-state index is 0.111. The van der Waals surface area contributed by atoms with Crippen molar-refractivity contribution in [3.63, 3.8) is 0 Å². The molecule has 6 heteroatoms. The fraction of sp³-hybridized carbons (Fsp3) is 0.867. The number of morpholine rings is 1. The number of hydrogen-bond acceptors (Lipinski definition) is 5. The van der Waals surface area contributed by atoms with Gasteiger partial charge in [-0.3, -0.25) is 4.90 Å². The Balaban J connectivity index is 2.02. The minimum Gasteiger partial charge on any atom is -0.382 e. The van der Waals surface area contributed by atoms with Gasteiger partial charge < -0.3 is 9.47 Å². The number of nitrogens with zero attached hydrogens (tertiary/aromatic N) is 4. The van der Waals surface area contributed by atoms with Crippen molar-refractivity contribution in [1.82, 2.24) is 19.7 Å². The Hall–Kier alpha value is -0.980. The van der Waals surface area contributed by atoms with E-state index in [1.54, 1.807) is 13.4 Å². The van der Waals surface area contributed by atoms with E-state index in [4.69, 9.17) is 9.47 Å². The van der Waals surface area contributed by atoms with Gasteiger partial charge in [0.15, 0.2) is 0 Å². The van der Waals surface area contributed by atoms with Crippen LogP contribution in [0.25, 0.3) is 0 Å². The molecular weight excluding hydrogens is 268 g/mol. The average Bonchev–Trinajstić information content (AvgIpc) is 2.74. The molecule has 120 valence electrons. The molecule has 1 aliphatic rings. The van der Waals surface area contributed by atoms with Gasteiger partial charge in [-0.25, -0.2) is 9.67 Å². The van der Waals surface area contributed by atoms with Crippen molar-refractivity contribution in [3.05, 3.63) is 12.2 Å². The summed E-state index contributed by atoms with van der Waals surface area (Å²) in [4.78, 5) is 6.80. The summed E-state index contributed by atoms with van der Waals surface area (Å²) in [5.74, 6) is 1.59. The molecular formula is C15H28N4O2. The van der Waals surface area contributed by atoms with E-state index in [9.17, 15) is 0 Å². The van der Waals surface area contributed by atoms with E-state index in [0.717, 1.165) is 32.0 Å². The van der Waals surface area contributed by atoms with E-state index in [-0.39, 0.29) is 11.7 Å². The number of hydrogen-bond donors (Lipinski definition) is 0. The second kappa shape index (κ2) is 6.85. The smallest absolute Gasteiger partial charge is 0.141 e. The molecule has 0 aliphatic carbocycles. The Morgan fingerprint density at radius 1 is 1.48 bits per heavy atom. The first-order chi connectivity index (χ1) is 9.89. The van der Waals surface area contributed by atoms with E-state index in [2.05, 4.69) is 42.7 Å². The Morgan fingerprint density at radius 2 is 2.24 bits per heavy atom. The van der Waals surface area contributed by atoms with Gasteiger partial charge in [0.05, 0.1) is 24.9 Å². The predicted octanol–water partition coefficient (Wildman–Crippen LogP) is 1.56. The van der Waals surface area contributed by atoms with E-state index in [0.29, 0.717) is 12.5 Å². The third-order valence-corrected chi connectivity index (χ3v) is 3.50. The second-order valence-corrected chi connectivity index (χ2v) is 6.88. The van der Waals surface area contributed by atoms with Gasteiger partial charge in [-0.1, -0.05) is 13.8 Å². The van der Waals surface area contributed by atoms with Crippen molar-refractivity contribution in [1.29, 1.82) is 0 Å². The molecule has 0 saturated carbocycles. The Bertz CT molecular complexity index is 445. The van der Waals surface area contributed by atoms with Crippen LogP contribution in [0.1, 0.15) is 33.5 Å². The average molecular weight is 296 g/mol. The number of aromatic nitrogens is 3. The number of methoxy groups -OCH3 is 1. The van der Waals surface area contributed by atoms with E-state index in [1.807, 2.05) is 4.68 Å². The molecule has 0 radical (unpaired) electrons. The van der Waals surface area contributed by atoms with Crippen molar-refractivity contribution in [2.75, 3.05) is 26.8 Å². The third-order valence-electron chi connectivity index (χ3n) is 3.50. The van der Waals surface area contributed by atoms with Crippen LogP contribution in [0.4, 0.5) is 0 Å². The summed E-state index contributed by atoms with van der Waals surface area (Å²) in [6.45, 7) is 12.7. The molecule has 6 nitrogen and oxygen atoms in total. The van der Waals surface area contributed by atoms with Crippen LogP contribution in [0.5, 0.6) is 0 Å². The van der Waals surface area contributed by atoms with E-state index < -0.39 is 0 Å². The first-order valence-electron chi connectivity index (χ1n) is 7.65. The van der Waals surface area contributed by atoms with Gasteiger partial charge in [0.1, 0.15) is 12.2 Å². The van der Waals surface area contributed by atoms with Gasteiger partial charge in [-0.05, 0) is 19.8 Å². The zero-order valence-electron chi connectivity index (χ0n) is 13.9. The van der Waals surface area contributed by atoms with E-state index in [1.165, 1.54) is 0 Å². The molecule has 1 atom stereocenters. The van der Waals surface area contributed by atoms with Crippen LogP contribution in [0.15, 0.2) is 6.33 Å². The van der Waals surface area contributed by atoms with Crippen LogP contribution < -0.4 is 0 Å². The highest BCUT2D eigenvalue weighted by Gasteiger charge is 2.33. The molecule has 1 saturated heterocycles. The summed E-state index contributed by atoms with van der Waals surface area (Å²) in [6, 6.07) is 0. The highest BCUT2D eigenvalue weighted by Crippen LogP contribution is 2.22. The normalized spacial score (nSPS) is 22.9. The molecule has 0 unspecified atom stereocenters. The maximum atomic E-state index is 6.05. The van der Waals surface area contributed by atoms with Gasteiger partial charge in [-0.15, -0.1) is 0 Å². The lowest BCUT2D eigenvalue weighted by atomic mass is 10.1. The van der Waals surface area contributed by atoms with Gasteiger partial charge in [0, 0.05) is 26.7 Å². The Labute approximate surface area is 127 Å². The highest BCUT2D eigenvalue weighted by molar-refractivity contribution is 4.90. The minimum atomic E-state index is -0.162. The largest absolute Gasteiger partial charge is 0.382 e. The van der Waals surface area contributed by atoms with Gasteiger partial charge in [0.25, 0.3) is 0 Å². The van der Waals surface area contributed by atoms with Crippen LogP contribution in [-0.4, -0.2) is 58.2 Å². The molecule has 0 bridgehead atoms. The van der Waals surface area contributed by atoms with Crippen LogP contribution >= 0.6 is 0 Å². The lowest BCUT2D eigenvalue weighted by molar-refractivity contribution is -0.154. The fourth-order valence-corrected chi connectivity index (χ4v) is 2.92. The second-order valence-electron chi connectivity index (χ2n) is 6.88. The van der Waals surface area contributed by atoms with Crippen LogP contribution in [0, 0.1) is 5.92 Å². The molecule has 0 amide bonds. The third kappa shape index (κ3) is 4.76. The van der Waals surface area contributed by atoms with Crippen molar-refractivity contribution >= 4 is 0 Å². The fourth-order valence-electron chi connectivity index (χ4n) is 2.92. The summed E-state index contributed by atoms with van der Waals surface area (Å²) in [6.07, 6.45) is 1.76. The van der Waals surface area contributed by atoms with Gasteiger partial charge in [-0.2, -0.15) is 5.10 Å². The van der Waals surface area contributed by atoms with Crippen LogP contribution in [-0.2, 0) is 22.6 Å². The van der Waals surface area contributed by atoms with Crippen molar-refractivity contribution in [2.24, 2.45) is 5.92 Å². The molecule has 1 aromatic rings. The predicted molar refractivity (Wildman–Crippen MR) is 81.0 cm³/mol. The molecule has 2 heterocycles. The van der Waals surface area contributed by atoms with Crippen molar-refractivity contribution in [2.45, 2.75) is 52.5 Å². The Kier molecular flexibility index (Phi) is 5.35. The topological polar surface area (TPSA) is 52.4 Å². The molecule has 1 fully saturated rings. The Morgan fingerprint density at radius 3 is 2.90 bits per heavy atom. The van der Waals surface area contributed by atoms with Gasteiger partial charge in [0.2, 0.25) is 0 Å². The maximum Gasteiger partial charge on any atom is 0.141 e. The molecule has 1 aromatic heterocycles. The number of ether oxygens (including phenoxy) is 2. The SMILES string of the molecule is COC[C@H]1CN(Cc2ncnn2CC(C)C)CC(C)(C)O1. The lowest BCUT2D eigenvalue weighted by Crippen LogP contribution is -2.53. The molecule has 0 spiro atoms.